The number of hydrogen-bond donors (Lipinski definition) is 0. The number of benzene rings is 1. The van der Waals surface area contributed by atoms with Crippen LogP contribution in [0.1, 0.15) is 49.7 Å². The van der Waals surface area contributed by atoms with Gasteiger partial charge in [0.15, 0.2) is 4.80 Å². The van der Waals surface area contributed by atoms with Gasteiger partial charge in [-0.2, -0.15) is 0 Å². The summed E-state index contributed by atoms with van der Waals surface area (Å²) in [5.74, 6) is 0.143. The van der Waals surface area contributed by atoms with Crippen LogP contribution in [0.2, 0.25) is 0 Å². The van der Waals surface area contributed by atoms with Crippen LogP contribution in [0.3, 0.4) is 0 Å². The summed E-state index contributed by atoms with van der Waals surface area (Å²) in [4.78, 5) is 32.9. The minimum Gasteiger partial charge on any atom is -0.491 e. The van der Waals surface area contributed by atoms with Crippen molar-refractivity contribution in [3.63, 3.8) is 0 Å². The van der Waals surface area contributed by atoms with Crippen molar-refractivity contribution in [2.45, 2.75) is 46.8 Å². The molecule has 0 radical (unpaired) electrons. The molecular weight excluding hydrogens is 456 g/mol. The van der Waals surface area contributed by atoms with Crippen LogP contribution in [-0.2, 0) is 9.53 Å². The maximum Gasteiger partial charge on any atom is 0.338 e. The standard InChI is InChI=1S/C25H26N2O4S2/c1-6-30-24(29)21-16(5)26-25-27(22(21)17-9-7-8-10-18(17)31-14(2)3)23(28)20(33-25)13-19-15(4)11-12-32-19/h7-14,22H,6H2,1-5H3/b20-13-/t22-/m1/s1. The zero-order valence-electron chi connectivity index (χ0n) is 19.2. The second kappa shape index (κ2) is 9.49. The van der Waals surface area contributed by atoms with E-state index in [9.17, 15) is 9.59 Å². The van der Waals surface area contributed by atoms with Crippen molar-refractivity contribution in [3.05, 3.63) is 82.7 Å². The number of para-hydroxylation sites is 1. The maximum absolute atomic E-state index is 13.7. The van der Waals surface area contributed by atoms with E-state index >= 15 is 0 Å². The van der Waals surface area contributed by atoms with Gasteiger partial charge < -0.3 is 9.47 Å². The molecule has 0 aliphatic carbocycles. The van der Waals surface area contributed by atoms with Gasteiger partial charge in [0.25, 0.3) is 5.56 Å². The van der Waals surface area contributed by atoms with Crippen molar-refractivity contribution >= 4 is 34.7 Å². The fourth-order valence-corrected chi connectivity index (χ4v) is 5.77. The van der Waals surface area contributed by atoms with Crippen LogP contribution in [0.25, 0.3) is 6.08 Å². The zero-order valence-corrected chi connectivity index (χ0v) is 20.9. The summed E-state index contributed by atoms with van der Waals surface area (Å²) in [7, 11) is 0. The average molecular weight is 483 g/mol. The molecule has 1 atom stereocenters. The van der Waals surface area contributed by atoms with E-state index in [0.29, 0.717) is 26.4 Å². The van der Waals surface area contributed by atoms with Gasteiger partial charge in [-0.1, -0.05) is 29.5 Å². The van der Waals surface area contributed by atoms with Crippen LogP contribution in [-0.4, -0.2) is 23.2 Å². The van der Waals surface area contributed by atoms with Gasteiger partial charge in [-0.3, -0.25) is 9.36 Å². The first-order valence-electron chi connectivity index (χ1n) is 10.8. The Morgan fingerprint density at radius 3 is 2.67 bits per heavy atom. The predicted octanol–water partition coefficient (Wildman–Crippen LogP) is 3.96. The van der Waals surface area contributed by atoms with E-state index in [0.717, 1.165) is 16.0 Å². The number of allylic oxidation sites excluding steroid dienone is 1. The molecule has 2 aromatic heterocycles. The third-order valence-corrected chi connectivity index (χ3v) is 7.21. The Morgan fingerprint density at radius 2 is 2.00 bits per heavy atom. The highest BCUT2D eigenvalue weighted by atomic mass is 32.1. The number of ether oxygens (including phenoxy) is 2. The highest BCUT2D eigenvalue weighted by Crippen LogP contribution is 2.36. The molecule has 0 fully saturated rings. The maximum atomic E-state index is 13.7. The van der Waals surface area contributed by atoms with Gasteiger partial charge in [-0.05, 0) is 63.8 Å². The predicted molar refractivity (Wildman–Crippen MR) is 132 cm³/mol. The zero-order chi connectivity index (χ0) is 23.7. The van der Waals surface area contributed by atoms with Crippen molar-refractivity contribution < 1.29 is 14.3 Å². The molecule has 0 saturated heterocycles. The minimum atomic E-state index is -0.693. The number of carbonyl (C=O) groups excluding carboxylic acids is 1. The second-order valence-electron chi connectivity index (χ2n) is 7.97. The molecule has 4 rings (SSSR count). The van der Waals surface area contributed by atoms with E-state index in [4.69, 9.17) is 9.47 Å². The van der Waals surface area contributed by atoms with Crippen molar-refractivity contribution in [1.29, 1.82) is 0 Å². The van der Waals surface area contributed by atoms with Crippen LogP contribution in [0.4, 0.5) is 0 Å². The highest BCUT2D eigenvalue weighted by Gasteiger charge is 2.35. The van der Waals surface area contributed by atoms with Crippen molar-refractivity contribution in [2.24, 2.45) is 4.99 Å². The normalized spacial score (nSPS) is 16.1. The fraction of sp³-hybridized carbons (Fsp3) is 0.320. The van der Waals surface area contributed by atoms with E-state index in [1.165, 1.54) is 11.3 Å². The van der Waals surface area contributed by atoms with Crippen LogP contribution < -0.4 is 19.6 Å². The quantitative estimate of drug-likeness (QED) is 0.499. The summed E-state index contributed by atoms with van der Waals surface area (Å²) in [6.07, 6.45) is 1.83. The fourth-order valence-electron chi connectivity index (χ4n) is 3.80. The molecule has 0 spiro atoms. The summed E-state index contributed by atoms with van der Waals surface area (Å²) < 4.78 is 13.6. The van der Waals surface area contributed by atoms with Gasteiger partial charge in [0.1, 0.15) is 11.8 Å². The third-order valence-electron chi connectivity index (χ3n) is 5.26. The smallest absolute Gasteiger partial charge is 0.338 e. The van der Waals surface area contributed by atoms with Gasteiger partial charge >= 0.3 is 5.97 Å². The molecule has 3 aromatic rings. The van der Waals surface area contributed by atoms with Crippen molar-refractivity contribution in [2.75, 3.05) is 6.61 Å². The Balaban J connectivity index is 2.00. The minimum absolute atomic E-state index is 0.0695. The van der Waals surface area contributed by atoms with Gasteiger partial charge in [-0.25, -0.2) is 9.79 Å². The molecule has 33 heavy (non-hydrogen) atoms. The Hall–Kier alpha value is -2.97. The molecule has 6 nitrogen and oxygen atoms in total. The Morgan fingerprint density at radius 1 is 1.24 bits per heavy atom. The lowest BCUT2D eigenvalue weighted by Gasteiger charge is -2.26. The molecule has 0 amide bonds. The summed E-state index contributed by atoms with van der Waals surface area (Å²) in [6.45, 7) is 9.68. The number of fused-ring (bicyclic) bond motifs is 1. The van der Waals surface area contributed by atoms with Gasteiger partial charge in [0, 0.05) is 10.4 Å². The number of esters is 1. The molecule has 0 saturated carbocycles. The van der Waals surface area contributed by atoms with E-state index in [-0.39, 0.29) is 18.3 Å². The van der Waals surface area contributed by atoms with Gasteiger partial charge in [0.2, 0.25) is 0 Å². The molecule has 8 heteroatoms. The molecule has 0 N–H and O–H groups in total. The van der Waals surface area contributed by atoms with Gasteiger partial charge in [-0.15, -0.1) is 11.3 Å². The van der Waals surface area contributed by atoms with Crippen LogP contribution in [0, 0.1) is 6.92 Å². The Bertz CT molecular complexity index is 1410. The molecule has 0 unspecified atom stereocenters. The second-order valence-corrected chi connectivity index (χ2v) is 9.93. The molecule has 3 heterocycles. The number of aryl methyl sites for hydroxylation is 1. The highest BCUT2D eigenvalue weighted by molar-refractivity contribution is 7.11. The summed E-state index contributed by atoms with van der Waals surface area (Å²) in [5.41, 5.74) is 2.54. The number of carbonyl (C=O) groups is 1. The monoisotopic (exact) mass is 482 g/mol. The average Bonchev–Trinajstić information content (AvgIpc) is 3.30. The number of hydrogen-bond acceptors (Lipinski definition) is 7. The first-order chi connectivity index (χ1) is 15.8. The molecule has 1 aliphatic heterocycles. The van der Waals surface area contributed by atoms with Crippen LogP contribution in [0.15, 0.2) is 56.8 Å². The summed E-state index contributed by atoms with van der Waals surface area (Å²) in [6, 6.07) is 8.84. The first kappa shape index (κ1) is 23.2. The number of aromatic nitrogens is 1. The largest absolute Gasteiger partial charge is 0.491 e. The van der Waals surface area contributed by atoms with Crippen LogP contribution >= 0.6 is 22.7 Å². The molecule has 0 bridgehead atoms. The summed E-state index contributed by atoms with van der Waals surface area (Å²) in [5, 5.41) is 2.00. The number of thiazole rings is 1. The van der Waals surface area contributed by atoms with E-state index in [2.05, 4.69) is 4.99 Å². The van der Waals surface area contributed by atoms with Crippen molar-refractivity contribution in [3.8, 4) is 5.75 Å². The third kappa shape index (κ3) is 4.45. The van der Waals surface area contributed by atoms with E-state index < -0.39 is 12.0 Å². The van der Waals surface area contributed by atoms with E-state index in [1.807, 2.05) is 62.6 Å². The first-order valence-corrected chi connectivity index (χ1v) is 12.5. The van der Waals surface area contributed by atoms with Crippen molar-refractivity contribution in [1.82, 2.24) is 4.57 Å². The molecule has 1 aromatic carbocycles. The molecule has 1 aliphatic rings. The molecule has 172 valence electrons. The van der Waals surface area contributed by atoms with E-state index in [1.54, 1.807) is 29.8 Å². The van der Waals surface area contributed by atoms with Crippen LogP contribution in [0.5, 0.6) is 5.75 Å². The number of nitrogens with zero attached hydrogens (tertiary/aromatic N) is 2. The topological polar surface area (TPSA) is 69.9 Å². The summed E-state index contributed by atoms with van der Waals surface area (Å²) >= 11 is 2.91. The SMILES string of the molecule is CCOC(=O)C1=C(C)N=c2s/c(=C\c3sccc3C)c(=O)n2[C@@H]1c1ccccc1OC(C)C. The number of thiophene rings is 1. The van der Waals surface area contributed by atoms with Gasteiger partial charge in [0.05, 0.1) is 28.5 Å². The Labute approximate surface area is 200 Å². The lowest BCUT2D eigenvalue weighted by molar-refractivity contribution is -0.139. The molecular formula is C25H26N2O4S2. The number of rotatable bonds is 6. The lowest BCUT2D eigenvalue weighted by atomic mass is 9.95. The Kier molecular flexibility index (Phi) is 6.67. The lowest BCUT2D eigenvalue weighted by Crippen LogP contribution is -2.40.